The molecule has 16 rings (SSSR count). The Balaban J connectivity index is 1.10. The van der Waals surface area contributed by atoms with Crippen LogP contribution in [-0.2, 0) is 0 Å². The molecule has 4 aliphatic heterocycles. The maximum atomic E-state index is 2.67. The number of aromatic nitrogens is 3. The molecule has 12 aromatic rings. The number of rotatable bonds is 1. The van der Waals surface area contributed by atoms with Crippen LogP contribution in [0.15, 0.2) is 196 Å². The molecule has 3 aromatic heterocycles. The Hall–Kier alpha value is -6.79. The van der Waals surface area contributed by atoms with Crippen molar-refractivity contribution in [2.24, 2.45) is 0 Å². The highest BCUT2D eigenvalue weighted by Crippen LogP contribution is 2.48. The first-order chi connectivity index (χ1) is 30.3. The Labute approximate surface area is 359 Å². The molecular formula is C54H29B2N3S2. The van der Waals surface area contributed by atoms with E-state index in [0.717, 1.165) is 0 Å². The molecule has 0 N–H and O–H groups in total. The standard InChI is InChI=1S/C54H29B2N3S2/c1-5-21-40-30(13-1)31-14-2-6-22-41(31)57(40)52-53-38(55-36-19-9-17-34-32-15-3-7-23-42(32)58(50(34)36)44-25-11-27-46(60-53)48(44)55)29-39-54(52)61-47-28-12-26-45-49(47)56(39)37-20-10-18-35-33-16-4-8-24-43(33)59(45)51(35)37/h1-29H. The van der Waals surface area contributed by atoms with Crippen LogP contribution in [0.5, 0.6) is 0 Å². The van der Waals surface area contributed by atoms with Crippen LogP contribution in [0.1, 0.15) is 0 Å². The molecule has 0 bridgehead atoms. The van der Waals surface area contributed by atoms with Crippen LogP contribution >= 0.6 is 23.5 Å². The smallest absolute Gasteiger partial charge is 0.249 e. The van der Waals surface area contributed by atoms with E-state index >= 15 is 0 Å². The number of para-hydroxylation sites is 6. The number of nitrogens with zero attached hydrogens (tertiary/aromatic N) is 3. The Morgan fingerprint density at radius 2 is 0.705 bits per heavy atom. The third-order valence-electron chi connectivity index (χ3n) is 14.3. The van der Waals surface area contributed by atoms with E-state index in [9.17, 15) is 0 Å². The van der Waals surface area contributed by atoms with Gasteiger partial charge in [0.15, 0.2) is 0 Å². The first-order valence-corrected chi connectivity index (χ1v) is 22.8. The maximum Gasteiger partial charge on any atom is 0.249 e. The fourth-order valence-corrected chi connectivity index (χ4v) is 14.8. The summed E-state index contributed by atoms with van der Waals surface area (Å²) in [6.07, 6.45) is 0. The van der Waals surface area contributed by atoms with E-state index in [-0.39, 0.29) is 13.4 Å². The lowest BCUT2D eigenvalue weighted by Gasteiger charge is -2.38. The average Bonchev–Trinajstić information content (AvgIpc) is 3.96. The van der Waals surface area contributed by atoms with Crippen LogP contribution in [0.4, 0.5) is 0 Å². The van der Waals surface area contributed by atoms with Crippen molar-refractivity contribution in [2.75, 3.05) is 0 Å². The van der Waals surface area contributed by atoms with E-state index in [1.54, 1.807) is 0 Å². The molecule has 3 nitrogen and oxygen atoms in total. The van der Waals surface area contributed by atoms with Crippen LogP contribution in [-0.4, -0.2) is 27.1 Å². The molecule has 0 radical (unpaired) electrons. The molecule has 4 aliphatic rings. The molecule has 0 atom stereocenters. The van der Waals surface area contributed by atoms with Crippen molar-refractivity contribution < 1.29 is 0 Å². The van der Waals surface area contributed by atoms with Crippen molar-refractivity contribution in [3.63, 3.8) is 0 Å². The van der Waals surface area contributed by atoms with Crippen LogP contribution in [0, 0.1) is 0 Å². The van der Waals surface area contributed by atoms with E-state index in [0.29, 0.717) is 0 Å². The zero-order chi connectivity index (χ0) is 39.2. The molecule has 0 aliphatic carbocycles. The monoisotopic (exact) mass is 805 g/mol. The summed E-state index contributed by atoms with van der Waals surface area (Å²) in [7, 11) is 0. The fourth-order valence-electron chi connectivity index (χ4n) is 12.1. The summed E-state index contributed by atoms with van der Waals surface area (Å²) in [5, 5.41) is 7.85. The number of fused-ring (bicyclic) bond motifs is 17. The minimum absolute atomic E-state index is 0.0626. The first kappa shape index (κ1) is 32.0. The summed E-state index contributed by atoms with van der Waals surface area (Å²) in [6.45, 7) is 0.125. The SMILES string of the molecule is c1cc2c3c(c1)-n1c4ccccc4c4cccc(c41)B3c1cc3c(c(-n4c5ccccc5c5ccccc54)c1S2)Sc1cccc2c1B3c1cccc3c4ccccc4n-2c13. The quantitative estimate of drug-likeness (QED) is 0.154. The molecule has 0 amide bonds. The van der Waals surface area contributed by atoms with E-state index in [4.69, 9.17) is 0 Å². The minimum atomic E-state index is 0.0626. The molecule has 278 valence electrons. The van der Waals surface area contributed by atoms with Crippen LogP contribution in [0.3, 0.4) is 0 Å². The third kappa shape index (κ3) is 3.74. The Bertz CT molecular complexity index is 3790. The van der Waals surface area contributed by atoms with E-state index in [1.165, 1.54) is 135 Å². The highest BCUT2D eigenvalue weighted by molar-refractivity contribution is 8.01. The van der Waals surface area contributed by atoms with E-state index < -0.39 is 0 Å². The minimum Gasteiger partial charge on any atom is -0.310 e. The van der Waals surface area contributed by atoms with Crippen molar-refractivity contribution >= 4 is 135 Å². The lowest BCUT2D eigenvalue weighted by molar-refractivity contribution is 1.08. The zero-order valence-electron chi connectivity index (χ0n) is 32.6. The molecule has 0 fully saturated rings. The van der Waals surface area contributed by atoms with Gasteiger partial charge in [0.2, 0.25) is 13.4 Å². The molecule has 0 spiro atoms. The predicted molar refractivity (Wildman–Crippen MR) is 260 cm³/mol. The van der Waals surface area contributed by atoms with Crippen LogP contribution < -0.4 is 32.8 Å². The highest BCUT2D eigenvalue weighted by Gasteiger charge is 2.46. The second-order valence-electron chi connectivity index (χ2n) is 17.1. The number of benzene rings is 9. The summed E-state index contributed by atoms with van der Waals surface area (Å²) in [6, 6.07) is 66.9. The molecule has 0 saturated carbocycles. The second kappa shape index (κ2) is 11.1. The first-order valence-electron chi connectivity index (χ1n) is 21.2. The van der Waals surface area contributed by atoms with Crippen molar-refractivity contribution in [2.45, 2.75) is 19.6 Å². The van der Waals surface area contributed by atoms with Gasteiger partial charge in [-0.1, -0.05) is 162 Å². The summed E-state index contributed by atoms with van der Waals surface area (Å²) < 4.78 is 7.76. The summed E-state index contributed by atoms with van der Waals surface area (Å²) in [5.41, 5.74) is 20.1. The average molecular weight is 806 g/mol. The molecule has 9 aromatic carbocycles. The zero-order valence-corrected chi connectivity index (χ0v) is 34.2. The number of hydrogen-bond acceptors (Lipinski definition) is 2. The van der Waals surface area contributed by atoms with Gasteiger partial charge in [0, 0.05) is 74.3 Å². The van der Waals surface area contributed by atoms with Gasteiger partial charge in [-0.3, -0.25) is 0 Å². The second-order valence-corrected chi connectivity index (χ2v) is 19.2. The van der Waals surface area contributed by atoms with E-state index in [2.05, 4.69) is 190 Å². The van der Waals surface area contributed by atoms with Crippen LogP contribution in [0.2, 0.25) is 0 Å². The van der Waals surface area contributed by atoms with Gasteiger partial charge in [-0.25, -0.2) is 0 Å². The highest BCUT2D eigenvalue weighted by atomic mass is 32.2. The summed E-state index contributed by atoms with van der Waals surface area (Å²) >= 11 is 3.96. The van der Waals surface area contributed by atoms with Gasteiger partial charge in [0.25, 0.3) is 0 Å². The molecule has 61 heavy (non-hydrogen) atoms. The maximum absolute atomic E-state index is 2.67. The van der Waals surface area contributed by atoms with Gasteiger partial charge in [0.1, 0.15) is 0 Å². The fraction of sp³-hybridized carbons (Fsp3) is 0. The van der Waals surface area contributed by atoms with Gasteiger partial charge in [0.05, 0.1) is 27.8 Å². The largest absolute Gasteiger partial charge is 0.310 e. The normalized spacial score (nSPS) is 14.0. The Morgan fingerprint density at radius 3 is 1.16 bits per heavy atom. The van der Waals surface area contributed by atoms with Gasteiger partial charge >= 0.3 is 0 Å². The third-order valence-corrected chi connectivity index (χ3v) is 16.8. The lowest BCUT2D eigenvalue weighted by atomic mass is 9.32. The van der Waals surface area contributed by atoms with E-state index in [1.807, 2.05) is 23.5 Å². The van der Waals surface area contributed by atoms with Gasteiger partial charge in [-0.2, -0.15) is 0 Å². The van der Waals surface area contributed by atoms with Gasteiger partial charge < -0.3 is 13.7 Å². The number of hydrogen-bond donors (Lipinski definition) is 0. The molecule has 7 heteroatoms. The molecular weight excluding hydrogens is 776 g/mol. The Kier molecular flexibility index (Phi) is 5.84. The lowest BCUT2D eigenvalue weighted by Crippen LogP contribution is -2.63. The molecule has 7 heterocycles. The van der Waals surface area contributed by atoms with Gasteiger partial charge in [-0.15, -0.1) is 0 Å². The van der Waals surface area contributed by atoms with Crippen LogP contribution in [0.25, 0.3) is 82.5 Å². The van der Waals surface area contributed by atoms with Crippen molar-refractivity contribution in [1.29, 1.82) is 0 Å². The molecule has 0 unspecified atom stereocenters. The topological polar surface area (TPSA) is 14.8 Å². The predicted octanol–water partition coefficient (Wildman–Crippen LogP) is 9.57. The van der Waals surface area contributed by atoms with Gasteiger partial charge in [-0.05, 0) is 70.4 Å². The van der Waals surface area contributed by atoms with Crippen molar-refractivity contribution in [3.8, 4) is 17.1 Å². The Morgan fingerprint density at radius 1 is 0.328 bits per heavy atom. The van der Waals surface area contributed by atoms with Crippen molar-refractivity contribution in [1.82, 2.24) is 13.7 Å². The summed E-state index contributed by atoms with van der Waals surface area (Å²) in [4.78, 5) is 5.40. The molecule has 0 saturated heterocycles. The van der Waals surface area contributed by atoms with Crippen molar-refractivity contribution in [3.05, 3.63) is 176 Å². The summed E-state index contributed by atoms with van der Waals surface area (Å²) in [5.74, 6) is 0.